The predicted molar refractivity (Wildman–Crippen MR) is 54.1 cm³/mol. The van der Waals surface area contributed by atoms with Gasteiger partial charge in [-0.2, -0.15) is 0 Å². The maximum Gasteiger partial charge on any atom is 2.00 e. The van der Waals surface area contributed by atoms with Crippen molar-refractivity contribution >= 4 is 23.5 Å². The summed E-state index contributed by atoms with van der Waals surface area (Å²) in [5.74, 6) is -1.83. The smallest absolute Gasteiger partial charge is 0.550 e. The Morgan fingerprint density at radius 2 is 0.588 bits per heavy atom. The Balaban J connectivity index is -0.0000000369. The molecule has 0 amide bonds. The fraction of sp³-hybridized carbons (Fsp3) is 0.600. The summed E-state index contributed by atoms with van der Waals surface area (Å²) in [6.45, 7) is 8.06. The van der Waals surface area contributed by atoms with Gasteiger partial charge in [0.2, 0.25) is 0 Å². The zero-order chi connectivity index (χ0) is 14.3. The van der Waals surface area contributed by atoms with E-state index in [2.05, 4.69) is 0 Å². The number of ketones is 2. The fourth-order valence-electron chi connectivity index (χ4n) is 0. The van der Waals surface area contributed by atoms with Crippen molar-refractivity contribution in [3.8, 4) is 0 Å². The summed E-state index contributed by atoms with van der Waals surface area (Å²) in [5, 5.41) is 17.8. The Kier molecular flexibility index (Phi) is 42.4. The Hall–Kier alpha value is -1.06. The van der Waals surface area contributed by atoms with Crippen molar-refractivity contribution in [1.29, 1.82) is 0 Å². The molecule has 6 nitrogen and oxygen atoms in total. The van der Waals surface area contributed by atoms with Gasteiger partial charge in [-0.1, -0.05) is 0 Å². The zero-order valence-corrected chi connectivity index (χ0v) is 12.3. The third-order valence-corrected chi connectivity index (χ3v) is 0. The average molecular weight is 341 g/mol. The molecule has 0 aromatic heterocycles. The summed E-state index contributed by atoms with van der Waals surface area (Å²) in [4.78, 5) is 36.7. The van der Waals surface area contributed by atoms with Gasteiger partial charge in [-0.25, -0.2) is 0 Å². The maximum absolute atomic E-state index is 9.44. The van der Waals surface area contributed by atoms with E-state index in [1.807, 2.05) is 0 Å². The van der Waals surface area contributed by atoms with E-state index in [1.54, 1.807) is 0 Å². The van der Waals surface area contributed by atoms with Crippen LogP contribution in [0.1, 0.15) is 41.5 Å². The molecule has 0 atom stereocenters. The number of carboxylic acid groups (broad SMARTS) is 2. The minimum Gasteiger partial charge on any atom is -0.550 e. The monoisotopic (exact) mass is 340 g/mol. The van der Waals surface area contributed by atoms with Gasteiger partial charge in [-0.15, -0.1) is 0 Å². The van der Waals surface area contributed by atoms with Crippen LogP contribution in [0.4, 0.5) is 0 Å². The van der Waals surface area contributed by atoms with Crippen molar-refractivity contribution in [2.75, 3.05) is 0 Å². The van der Waals surface area contributed by atoms with Gasteiger partial charge in [0.25, 0.3) is 0 Å². The molecule has 0 bridgehead atoms. The van der Waals surface area contributed by atoms with E-state index in [0.29, 0.717) is 0 Å². The Morgan fingerprint density at radius 1 is 0.588 bits per heavy atom. The molecular formula is C10H18O6Pd. The van der Waals surface area contributed by atoms with E-state index in [1.165, 1.54) is 27.7 Å². The number of hydrogen-bond donors (Lipinski definition) is 0. The summed E-state index contributed by atoms with van der Waals surface area (Å²) in [6.07, 6.45) is 0. The number of aliphatic carboxylic acids is 2. The van der Waals surface area contributed by atoms with Gasteiger partial charge in [0.15, 0.2) is 0 Å². The van der Waals surface area contributed by atoms with E-state index >= 15 is 0 Å². The van der Waals surface area contributed by atoms with Crippen LogP contribution in [0.15, 0.2) is 0 Å². The van der Waals surface area contributed by atoms with E-state index in [0.717, 1.165) is 13.8 Å². The Morgan fingerprint density at radius 3 is 0.588 bits per heavy atom. The summed E-state index contributed by atoms with van der Waals surface area (Å²) in [6, 6.07) is 0. The molecule has 0 aliphatic carbocycles. The quantitative estimate of drug-likeness (QED) is 0.506. The van der Waals surface area contributed by atoms with E-state index in [4.69, 9.17) is 19.8 Å². The van der Waals surface area contributed by atoms with Crippen molar-refractivity contribution < 1.29 is 49.8 Å². The molecule has 0 saturated carbocycles. The van der Waals surface area contributed by atoms with Gasteiger partial charge in [-0.05, 0) is 41.5 Å². The average Bonchev–Trinajstić information content (AvgIpc) is 1.76. The van der Waals surface area contributed by atoms with Crippen LogP contribution in [-0.4, -0.2) is 23.5 Å². The second kappa shape index (κ2) is 24.3. The van der Waals surface area contributed by atoms with Crippen LogP contribution in [-0.2, 0) is 39.6 Å². The number of carbonyl (C=O) groups is 4. The maximum atomic E-state index is 9.44. The van der Waals surface area contributed by atoms with E-state index < -0.39 is 11.9 Å². The number of rotatable bonds is 0. The molecule has 0 aromatic carbocycles. The van der Waals surface area contributed by atoms with Crippen LogP contribution in [0.25, 0.3) is 0 Å². The topological polar surface area (TPSA) is 114 Å². The summed E-state index contributed by atoms with van der Waals surface area (Å²) < 4.78 is 0. The molecule has 0 spiro atoms. The molecule has 0 heterocycles. The number of carbonyl (C=O) groups excluding carboxylic acids is 4. The van der Waals surface area contributed by atoms with Crippen LogP contribution in [0.3, 0.4) is 0 Å². The summed E-state index contributed by atoms with van der Waals surface area (Å²) in [7, 11) is 0. The summed E-state index contributed by atoms with van der Waals surface area (Å²) in [5.41, 5.74) is 0. The minimum atomic E-state index is -1.08. The second-order valence-electron chi connectivity index (χ2n) is 2.80. The minimum absolute atomic E-state index is 0. The largest absolute Gasteiger partial charge is 2.00 e. The zero-order valence-electron chi connectivity index (χ0n) is 10.8. The molecule has 0 N–H and O–H groups in total. The van der Waals surface area contributed by atoms with Crippen molar-refractivity contribution in [3.05, 3.63) is 0 Å². The van der Waals surface area contributed by atoms with Crippen LogP contribution in [0.5, 0.6) is 0 Å². The normalized spacial score (nSPS) is 6.00. The fourth-order valence-corrected chi connectivity index (χ4v) is 0. The van der Waals surface area contributed by atoms with Crippen LogP contribution in [0, 0.1) is 0 Å². The van der Waals surface area contributed by atoms with Crippen molar-refractivity contribution in [2.24, 2.45) is 0 Å². The number of Topliss-reactive ketones (excluding diaryl/α,β-unsaturated/α-hetero) is 2. The molecule has 17 heavy (non-hydrogen) atoms. The van der Waals surface area contributed by atoms with Gasteiger partial charge in [0.1, 0.15) is 11.6 Å². The molecular weight excluding hydrogens is 323 g/mol. The third-order valence-electron chi connectivity index (χ3n) is 0. The third kappa shape index (κ3) is 2240. The SMILES string of the molecule is CC(=O)[O-].CC(=O)[O-].CC(C)=O.CC(C)=O.[Pd+2]. The Bertz CT molecular complexity index is 161. The van der Waals surface area contributed by atoms with Gasteiger partial charge in [0, 0.05) is 11.9 Å². The van der Waals surface area contributed by atoms with Crippen LogP contribution >= 0.6 is 0 Å². The first kappa shape index (κ1) is 29.7. The molecule has 7 heteroatoms. The molecule has 0 rings (SSSR count). The second-order valence-corrected chi connectivity index (χ2v) is 2.80. The first-order chi connectivity index (χ1) is 6.93. The van der Waals surface area contributed by atoms with Crippen molar-refractivity contribution in [1.82, 2.24) is 0 Å². The molecule has 0 aliphatic heterocycles. The number of carboxylic acids is 2. The van der Waals surface area contributed by atoms with Gasteiger partial charge in [-0.3, -0.25) is 0 Å². The van der Waals surface area contributed by atoms with Gasteiger partial charge in [0.05, 0.1) is 0 Å². The standard InChI is InChI=1S/2C3H6O.2C2H4O2.Pd/c2*1-3(2)4;2*1-2(3)4;/h2*1-2H3;2*1H3,(H,3,4);/q;;;;+2/p-2. The molecule has 104 valence electrons. The molecule has 0 aliphatic rings. The van der Waals surface area contributed by atoms with E-state index in [9.17, 15) is 9.59 Å². The summed E-state index contributed by atoms with van der Waals surface area (Å²) >= 11 is 0. The predicted octanol–water partition coefficient (Wildman–Crippen LogP) is -1.30. The molecule has 0 radical (unpaired) electrons. The van der Waals surface area contributed by atoms with Crippen molar-refractivity contribution in [3.63, 3.8) is 0 Å². The molecule has 0 fully saturated rings. The first-order valence-electron chi connectivity index (χ1n) is 4.22. The first-order valence-corrected chi connectivity index (χ1v) is 4.22. The number of hydrogen-bond acceptors (Lipinski definition) is 6. The molecule has 0 aromatic rings. The van der Waals surface area contributed by atoms with Crippen LogP contribution < -0.4 is 10.2 Å². The molecule has 0 saturated heterocycles. The van der Waals surface area contributed by atoms with Gasteiger partial charge < -0.3 is 29.4 Å². The Labute approximate surface area is 115 Å². The van der Waals surface area contributed by atoms with E-state index in [-0.39, 0.29) is 32.0 Å². The van der Waals surface area contributed by atoms with Gasteiger partial charge >= 0.3 is 20.4 Å². The van der Waals surface area contributed by atoms with Crippen molar-refractivity contribution in [2.45, 2.75) is 41.5 Å². The van der Waals surface area contributed by atoms with Crippen LogP contribution in [0.2, 0.25) is 0 Å². The molecule has 0 unspecified atom stereocenters.